The first-order valence-electron chi connectivity index (χ1n) is 3.91. The van der Waals surface area contributed by atoms with Crippen LogP contribution in [0.5, 0.6) is 0 Å². The van der Waals surface area contributed by atoms with Gasteiger partial charge in [-0.1, -0.05) is 18.2 Å². The molecular weight excluding hydrogens is 210 g/mol. The van der Waals surface area contributed by atoms with Gasteiger partial charge in [0.15, 0.2) is 0 Å². The zero-order chi connectivity index (χ0) is 10.3. The largest absolute Gasteiger partial charge is 0.465 e. The fourth-order valence-corrected chi connectivity index (χ4v) is 1.57. The number of nitrogens with two attached hydrogens (primary N) is 1. The van der Waals surface area contributed by atoms with Crippen molar-refractivity contribution in [2.24, 2.45) is 5.73 Å². The molecular formula is C8H14ClNO2S. The average Bonchev–Trinajstić information content (AvgIpc) is 2.04. The molecule has 13 heavy (non-hydrogen) atoms. The van der Waals surface area contributed by atoms with Crippen molar-refractivity contribution in [3.8, 4) is 0 Å². The molecule has 0 heterocycles. The highest BCUT2D eigenvalue weighted by Gasteiger charge is 2.13. The van der Waals surface area contributed by atoms with Gasteiger partial charge in [-0.3, -0.25) is 4.79 Å². The first-order chi connectivity index (χ1) is 6.07. The molecule has 0 aromatic heterocycles. The van der Waals surface area contributed by atoms with Crippen LogP contribution in [-0.4, -0.2) is 30.1 Å². The van der Waals surface area contributed by atoms with Crippen molar-refractivity contribution in [3.05, 3.63) is 11.6 Å². The first-order valence-corrected chi connectivity index (χ1v) is 5.44. The number of hydrogen-bond donors (Lipinski definition) is 1. The summed E-state index contributed by atoms with van der Waals surface area (Å²) < 4.78 is 4.73. The highest BCUT2D eigenvalue weighted by molar-refractivity contribution is 7.99. The first kappa shape index (κ1) is 12.8. The van der Waals surface area contributed by atoms with E-state index in [-0.39, 0.29) is 5.97 Å². The number of halogens is 1. The third-order valence-electron chi connectivity index (χ3n) is 1.15. The molecule has 3 nitrogen and oxygen atoms in total. The fourth-order valence-electron chi connectivity index (χ4n) is 0.614. The number of carbonyl (C=O) groups is 1. The van der Waals surface area contributed by atoms with E-state index in [1.807, 2.05) is 0 Å². The second-order valence-electron chi connectivity index (χ2n) is 2.39. The monoisotopic (exact) mass is 223 g/mol. The van der Waals surface area contributed by atoms with Gasteiger partial charge in [-0.25, -0.2) is 0 Å². The summed E-state index contributed by atoms with van der Waals surface area (Å²) >= 11 is 7.00. The Bertz CT molecular complexity index is 187. The van der Waals surface area contributed by atoms with E-state index in [1.165, 1.54) is 11.8 Å². The Kier molecular flexibility index (Phi) is 7.13. The van der Waals surface area contributed by atoms with Gasteiger partial charge in [0.1, 0.15) is 6.04 Å². The van der Waals surface area contributed by atoms with Crippen molar-refractivity contribution in [2.45, 2.75) is 13.0 Å². The van der Waals surface area contributed by atoms with Crippen LogP contribution < -0.4 is 5.73 Å². The molecule has 5 heteroatoms. The molecule has 0 aromatic rings. The number of ether oxygens (including phenoxy) is 1. The van der Waals surface area contributed by atoms with Gasteiger partial charge in [-0.05, 0) is 6.92 Å². The molecule has 0 aliphatic rings. The Morgan fingerprint density at radius 1 is 1.77 bits per heavy atom. The van der Waals surface area contributed by atoms with E-state index in [0.29, 0.717) is 23.1 Å². The lowest BCUT2D eigenvalue weighted by molar-refractivity contribution is -0.144. The maximum Gasteiger partial charge on any atom is 0.323 e. The van der Waals surface area contributed by atoms with Crippen LogP contribution in [0.3, 0.4) is 0 Å². The quantitative estimate of drug-likeness (QED) is 0.691. The summed E-state index contributed by atoms with van der Waals surface area (Å²) in [7, 11) is 0. The van der Waals surface area contributed by atoms with E-state index in [4.69, 9.17) is 22.1 Å². The number of esters is 1. The maximum absolute atomic E-state index is 11.0. The molecule has 0 saturated carbocycles. The Hall–Kier alpha value is -0.190. The number of rotatable bonds is 6. The highest BCUT2D eigenvalue weighted by atomic mass is 35.5. The average molecular weight is 224 g/mol. The van der Waals surface area contributed by atoms with Gasteiger partial charge in [0.25, 0.3) is 0 Å². The standard InChI is InChI=1S/C8H14ClNO2S/c1-3-12-8(11)7(10)5-13-4-6(2)9/h7H,2-5,10H2,1H3. The summed E-state index contributed by atoms with van der Waals surface area (Å²) in [6.07, 6.45) is 0. The van der Waals surface area contributed by atoms with Crippen LogP contribution in [0.1, 0.15) is 6.92 Å². The second kappa shape index (κ2) is 7.24. The molecule has 0 radical (unpaired) electrons. The molecule has 2 N–H and O–H groups in total. The molecule has 0 aromatic carbocycles. The van der Waals surface area contributed by atoms with Crippen LogP contribution in [0.15, 0.2) is 11.6 Å². The minimum Gasteiger partial charge on any atom is -0.465 e. The van der Waals surface area contributed by atoms with Crippen molar-refractivity contribution in [1.82, 2.24) is 0 Å². The topological polar surface area (TPSA) is 52.3 Å². The molecule has 0 amide bonds. The summed E-state index contributed by atoms with van der Waals surface area (Å²) in [5.41, 5.74) is 5.52. The maximum atomic E-state index is 11.0. The summed E-state index contributed by atoms with van der Waals surface area (Å²) in [6, 6.07) is -0.569. The van der Waals surface area contributed by atoms with Gasteiger partial charge in [0, 0.05) is 16.5 Å². The van der Waals surface area contributed by atoms with Gasteiger partial charge >= 0.3 is 5.97 Å². The predicted molar refractivity (Wildman–Crippen MR) is 56.9 cm³/mol. The van der Waals surface area contributed by atoms with Gasteiger partial charge in [0.2, 0.25) is 0 Å². The van der Waals surface area contributed by atoms with Crippen LogP contribution in [0, 0.1) is 0 Å². The lowest BCUT2D eigenvalue weighted by Gasteiger charge is -2.09. The van der Waals surface area contributed by atoms with E-state index in [1.54, 1.807) is 6.92 Å². The van der Waals surface area contributed by atoms with E-state index < -0.39 is 6.04 Å². The van der Waals surface area contributed by atoms with Crippen molar-refractivity contribution in [1.29, 1.82) is 0 Å². The number of hydrogen-bond acceptors (Lipinski definition) is 4. The van der Waals surface area contributed by atoms with E-state index in [2.05, 4.69) is 6.58 Å². The summed E-state index contributed by atoms with van der Waals surface area (Å²) in [4.78, 5) is 11.0. The molecule has 0 saturated heterocycles. The zero-order valence-electron chi connectivity index (χ0n) is 7.59. The molecule has 0 spiro atoms. The molecule has 1 unspecified atom stereocenters. The molecule has 0 aliphatic heterocycles. The lowest BCUT2D eigenvalue weighted by Crippen LogP contribution is -2.34. The predicted octanol–water partition coefficient (Wildman–Crippen LogP) is 1.36. The minimum absolute atomic E-state index is 0.361. The van der Waals surface area contributed by atoms with Crippen molar-refractivity contribution >= 4 is 29.3 Å². The SMILES string of the molecule is C=C(Cl)CSCC(N)C(=O)OCC. The fraction of sp³-hybridized carbons (Fsp3) is 0.625. The third kappa shape index (κ3) is 6.93. The van der Waals surface area contributed by atoms with E-state index in [0.717, 1.165) is 0 Å². The minimum atomic E-state index is -0.569. The normalized spacial score (nSPS) is 12.2. The Balaban J connectivity index is 3.55. The summed E-state index contributed by atoms with van der Waals surface area (Å²) in [6.45, 7) is 5.63. The van der Waals surface area contributed by atoms with Crippen molar-refractivity contribution in [3.63, 3.8) is 0 Å². The lowest BCUT2D eigenvalue weighted by atomic mass is 10.4. The van der Waals surface area contributed by atoms with Crippen LogP contribution in [-0.2, 0) is 9.53 Å². The van der Waals surface area contributed by atoms with E-state index >= 15 is 0 Å². The summed E-state index contributed by atoms with van der Waals surface area (Å²) in [5, 5.41) is 0.557. The summed E-state index contributed by atoms with van der Waals surface area (Å²) in [5.74, 6) is 0.745. The Morgan fingerprint density at radius 2 is 2.38 bits per heavy atom. The molecule has 0 rings (SSSR count). The highest BCUT2D eigenvalue weighted by Crippen LogP contribution is 2.10. The van der Waals surface area contributed by atoms with Crippen LogP contribution in [0.2, 0.25) is 0 Å². The van der Waals surface area contributed by atoms with Crippen molar-refractivity contribution < 1.29 is 9.53 Å². The molecule has 76 valence electrons. The smallest absolute Gasteiger partial charge is 0.323 e. The van der Waals surface area contributed by atoms with Crippen LogP contribution >= 0.6 is 23.4 Å². The molecule has 0 aliphatic carbocycles. The van der Waals surface area contributed by atoms with Crippen LogP contribution in [0.25, 0.3) is 0 Å². The van der Waals surface area contributed by atoms with Crippen molar-refractivity contribution in [2.75, 3.05) is 18.1 Å². The van der Waals surface area contributed by atoms with Crippen LogP contribution in [0.4, 0.5) is 0 Å². The number of thioether (sulfide) groups is 1. The van der Waals surface area contributed by atoms with Gasteiger partial charge in [0.05, 0.1) is 6.61 Å². The Labute approximate surface area is 87.6 Å². The van der Waals surface area contributed by atoms with Gasteiger partial charge in [-0.2, -0.15) is 11.8 Å². The molecule has 1 atom stereocenters. The Morgan fingerprint density at radius 3 is 2.85 bits per heavy atom. The third-order valence-corrected chi connectivity index (χ3v) is 2.58. The second-order valence-corrected chi connectivity index (χ2v) is 3.96. The number of carbonyl (C=O) groups excluding carboxylic acids is 1. The van der Waals surface area contributed by atoms with Gasteiger partial charge in [-0.15, -0.1) is 0 Å². The molecule has 0 bridgehead atoms. The molecule has 0 fully saturated rings. The van der Waals surface area contributed by atoms with Gasteiger partial charge < -0.3 is 10.5 Å². The van der Waals surface area contributed by atoms with E-state index in [9.17, 15) is 4.79 Å². The zero-order valence-corrected chi connectivity index (χ0v) is 9.16.